The first-order valence-corrected chi connectivity index (χ1v) is 6.47. The van der Waals surface area contributed by atoms with Crippen LogP contribution in [0.4, 0.5) is 5.69 Å². The van der Waals surface area contributed by atoms with Gasteiger partial charge in [-0.05, 0) is 30.4 Å². The SMILES string of the molecule is Cc1ccc(-c2cccc3c2N=CC(C)C3)cc1. The Balaban J connectivity index is 2.12. The highest BCUT2D eigenvalue weighted by atomic mass is 14.7. The van der Waals surface area contributed by atoms with Gasteiger partial charge in [0, 0.05) is 11.8 Å². The lowest BCUT2D eigenvalue weighted by atomic mass is 9.92. The van der Waals surface area contributed by atoms with Crippen molar-refractivity contribution < 1.29 is 0 Å². The Kier molecular flexibility index (Phi) is 2.75. The minimum absolute atomic E-state index is 0.547. The predicted octanol–water partition coefficient (Wildman–Crippen LogP) is 4.56. The number of rotatable bonds is 1. The van der Waals surface area contributed by atoms with Gasteiger partial charge in [-0.1, -0.05) is 55.0 Å². The number of aliphatic imine (C=N–C) groups is 1. The van der Waals surface area contributed by atoms with E-state index >= 15 is 0 Å². The van der Waals surface area contributed by atoms with Crippen LogP contribution in [0.2, 0.25) is 0 Å². The summed E-state index contributed by atoms with van der Waals surface area (Å²) in [5.41, 5.74) is 6.31. The summed E-state index contributed by atoms with van der Waals surface area (Å²) in [6.07, 6.45) is 3.17. The molecule has 0 aliphatic carbocycles. The van der Waals surface area contributed by atoms with Crippen molar-refractivity contribution in [3.8, 4) is 11.1 Å². The van der Waals surface area contributed by atoms with Gasteiger partial charge in [0.2, 0.25) is 0 Å². The van der Waals surface area contributed by atoms with Gasteiger partial charge in [-0.25, -0.2) is 0 Å². The van der Waals surface area contributed by atoms with E-state index in [1.54, 1.807) is 0 Å². The maximum Gasteiger partial charge on any atom is 0.0736 e. The molecule has 0 amide bonds. The molecule has 1 atom stereocenters. The van der Waals surface area contributed by atoms with Crippen molar-refractivity contribution in [2.75, 3.05) is 0 Å². The van der Waals surface area contributed by atoms with Crippen LogP contribution in [-0.4, -0.2) is 6.21 Å². The summed E-state index contributed by atoms with van der Waals surface area (Å²) >= 11 is 0. The molecule has 0 N–H and O–H groups in total. The third-order valence-corrected chi connectivity index (χ3v) is 3.48. The van der Waals surface area contributed by atoms with E-state index in [-0.39, 0.29) is 0 Å². The summed E-state index contributed by atoms with van der Waals surface area (Å²) in [5, 5.41) is 0. The second-order valence-electron chi connectivity index (χ2n) is 5.14. The van der Waals surface area contributed by atoms with Crippen LogP contribution in [0.3, 0.4) is 0 Å². The van der Waals surface area contributed by atoms with Gasteiger partial charge in [-0.3, -0.25) is 4.99 Å². The molecule has 1 aliphatic heterocycles. The van der Waals surface area contributed by atoms with Crippen LogP contribution < -0.4 is 0 Å². The minimum Gasteiger partial charge on any atom is -0.260 e. The first kappa shape index (κ1) is 11.2. The van der Waals surface area contributed by atoms with E-state index in [2.05, 4.69) is 67.5 Å². The molecular formula is C17H17N. The highest BCUT2D eigenvalue weighted by molar-refractivity contribution is 5.83. The van der Waals surface area contributed by atoms with Crippen LogP contribution in [0.25, 0.3) is 11.1 Å². The lowest BCUT2D eigenvalue weighted by molar-refractivity contribution is 0.772. The molecule has 0 fully saturated rings. The molecular weight excluding hydrogens is 218 g/mol. The molecule has 0 saturated carbocycles. The number of fused-ring (bicyclic) bond motifs is 1. The van der Waals surface area contributed by atoms with Crippen molar-refractivity contribution in [3.63, 3.8) is 0 Å². The van der Waals surface area contributed by atoms with Crippen molar-refractivity contribution in [1.29, 1.82) is 0 Å². The van der Waals surface area contributed by atoms with Crippen LogP contribution in [0.1, 0.15) is 18.1 Å². The Morgan fingerprint density at radius 3 is 2.61 bits per heavy atom. The summed E-state index contributed by atoms with van der Waals surface area (Å²) in [6, 6.07) is 15.2. The van der Waals surface area contributed by atoms with Crippen LogP contribution in [-0.2, 0) is 6.42 Å². The van der Waals surface area contributed by atoms with Gasteiger partial charge < -0.3 is 0 Å². The van der Waals surface area contributed by atoms with Crippen molar-refractivity contribution in [2.24, 2.45) is 10.9 Å². The monoisotopic (exact) mass is 235 g/mol. The fourth-order valence-corrected chi connectivity index (χ4v) is 2.48. The predicted molar refractivity (Wildman–Crippen MR) is 77.6 cm³/mol. The van der Waals surface area contributed by atoms with Gasteiger partial charge in [-0.2, -0.15) is 0 Å². The van der Waals surface area contributed by atoms with Crippen molar-refractivity contribution >= 4 is 11.9 Å². The lowest BCUT2D eigenvalue weighted by Gasteiger charge is -2.18. The zero-order valence-corrected chi connectivity index (χ0v) is 10.9. The largest absolute Gasteiger partial charge is 0.260 e. The minimum atomic E-state index is 0.547. The molecule has 90 valence electrons. The third-order valence-electron chi connectivity index (χ3n) is 3.48. The standard InChI is InChI=1S/C17H17N/c1-12-6-8-14(9-7-12)16-5-3-4-15-10-13(2)11-18-17(15)16/h3-9,11,13H,10H2,1-2H3. The van der Waals surface area contributed by atoms with Crippen LogP contribution in [0, 0.1) is 12.8 Å². The summed E-state index contributed by atoms with van der Waals surface area (Å²) in [6.45, 7) is 4.33. The summed E-state index contributed by atoms with van der Waals surface area (Å²) in [4.78, 5) is 4.65. The molecule has 0 bridgehead atoms. The van der Waals surface area contributed by atoms with E-state index < -0.39 is 0 Å². The Morgan fingerprint density at radius 1 is 1.06 bits per heavy atom. The zero-order chi connectivity index (χ0) is 12.5. The molecule has 2 aromatic carbocycles. The van der Waals surface area contributed by atoms with E-state index in [0.29, 0.717) is 5.92 Å². The first-order valence-electron chi connectivity index (χ1n) is 6.47. The van der Waals surface area contributed by atoms with Gasteiger partial charge in [-0.15, -0.1) is 0 Å². The quantitative estimate of drug-likeness (QED) is 0.687. The molecule has 3 rings (SSSR count). The molecule has 1 nitrogen and oxygen atoms in total. The van der Waals surface area contributed by atoms with E-state index in [4.69, 9.17) is 0 Å². The van der Waals surface area contributed by atoms with Gasteiger partial charge >= 0.3 is 0 Å². The average Bonchev–Trinajstić information content (AvgIpc) is 2.38. The van der Waals surface area contributed by atoms with Gasteiger partial charge in [0.05, 0.1) is 5.69 Å². The summed E-state index contributed by atoms with van der Waals surface area (Å²) in [5.74, 6) is 0.547. The Labute approximate surface area is 108 Å². The smallest absolute Gasteiger partial charge is 0.0736 e. The van der Waals surface area contributed by atoms with Crippen LogP contribution in [0.5, 0.6) is 0 Å². The number of nitrogens with zero attached hydrogens (tertiary/aromatic N) is 1. The molecule has 0 aromatic heterocycles. The molecule has 1 unspecified atom stereocenters. The van der Waals surface area contributed by atoms with E-state index in [0.717, 1.165) is 12.1 Å². The molecule has 0 saturated heterocycles. The van der Waals surface area contributed by atoms with Crippen LogP contribution in [0.15, 0.2) is 47.5 Å². The molecule has 1 aliphatic rings. The summed E-state index contributed by atoms with van der Waals surface area (Å²) < 4.78 is 0. The zero-order valence-electron chi connectivity index (χ0n) is 10.9. The maximum absolute atomic E-state index is 4.65. The maximum atomic E-state index is 4.65. The van der Waals surface area contributed by atoms with Crippen molar-refractivity contribution in [3.05, 3.63) is 53.6 Å². The van der Waals surface area contributed by atoms with E-state index in [1.807, 2.05) is 0 Å². The fraction of sp³-hybridized carbons (Fsp3) is 0.235. The number of hydrogen-bond acceptors (Lipinski definition) is 1. The van der Waals surface area contributed by atoms with Crippen molar-refractivity contribution in [2.45, 2.75) is 20.3 Å². The number of benzene rings is 2. The number of aryl methyl sites for hydroxylation is 1. The Hall–Kier alpha value is -1.89. The van der Waals surface area contributed by atoms with E-state index in [1.165, 1.54) is 22.3 Å². The van der Waals surface area contributed by atoms with Crippen LogP contribution >= 0.6 is 0 Å². The van der Waals surface area contributed by atoms with E-state index in [9.17, 15) is 0 Å². The Morgan fingerprint density at radius 2 is 1.83 bits per heavy atom. The molecule has 0 spiro atoms. The normalized spacial score (nSPS) is 17.6. The molecule has 1 heterocycles. The highest BCUT2D eigenvalue weighted by Crippen LogP contribution is 2.36. The number of hydrogen-bond donors (Lipinski definition) is 0. The number of para-hydroxylation sites is 1. The molecule has 1 heteroatoms. The topological polar surface area (TPSA) is 12.4 Å². The Bertz CT molecular complexity index is 594. The molecule has 2 aromatic rings. The fourth-order valence-electron chi connectivity index (χ4n) is 2.48. The highest BCUT2D eigenvalue weighted by Gasteiger charge is 2.14. The van der Waals surface area contributed by atoms with Gasteiger partial charge in [0.15, 0.2) is 0 Å². The molecule has 0 radical (unpaired) electrons. The molecule has 18 heavy (non-hydrogen) atoms. The summed E-state index contributed by atoms with van der Waals surface area (Å²) in [7, 11) is 0. The lowest BCUT2D eigenvalue weighted by Crippen LogP contribution is -2.06. The average molecular weight is 235 g/mol. The van der Waals surface area contributed by atoms with Gasteiger partial charge in [0.25, 0.3) is 0 Å². The van der Waals surface area contributed by atoms with Gasteiger partial charge in [0.1, 0.15) is 0 Å². The first-order chi connectivity index (χ1) is 8.74. The third kappa shape index (κ3) is 1.97. The van der Waals surface area contributed by atoms with Crippen molar-refractivity contribution in [1.82, 2.24) is 0 Å². The second-order valence-corrected chi connectivity index (χ2v) is 5.14. The second kappa shape index (κ2) is 4.41.